The van der Waals surface area contributed by atoms with Crippen molar-refractivity contribution in [2.75, 3.05) is 13.1 Å². The minimum absolute atomic E-state index is 0.141. The molecule has 24 heavy (non-hydrogen) atoms. The van der Waals surface area contributed by atoms with Gasteiger partial charge >= 0.3 is 5.97 Å². The molecule has 0 aliphatic heterocycles. The van der Waals surface area contributed by atoms with E-state index < -0.39 is 42.3 Å². The second-order valence-electron chi connectivity index (χ2n) is 5.23. The molecule has 2 atom stereocenters. The summed E-state index contributed by atoms with van der Waals surface area (Å²) in [4.78, 5) is 41.6. The molecule has 1 rings (SSSR count). The van der Waals surface area contributed by atoms with Crippen molar-refractivity contribution in [3.8, 4) is 0 Å². The monoisotopic (exact) mass is 341 g/mol. The van der Waals surface area contributed by atoms with Gasteiger partial charge in [0.05, 0.1) is 18.8 Å². The van der Waals surface area contributed by atoms with Gasteiger partial charge in [0.25, 0.3) is 0 Å². The summed E-state index contributed by atoms with van der Waals surface area (Å²) in [5.41, 5.74) is 16.9. The molecular weight excluding hydrogens is 318 g/mol. The maximum atomic E-state index is 12.3. The smallest absolute Gasteiger partial charge is 0.321 e. The van der Waals surface area contributed by atoms with Crippen molar-refractivity contribution in [3.05, 3.63) is 18.2 Å². The first-order chi connectivity index (χ1) is 11.4. The van der Waals surface area contributed by atoms with Gasteiger partial charge in [0, 0.05) is 31.4 Å². The molecule has 1 aromatic heterocycles. The number of carbonyl (C=O) groups is 3. The van der Waals surface area contributed by atoms with Crippen LogP contribution in [0, 0.1) is 0 Å². The zero-order chi connectivity index (χ0) is 18.1. The molecule has 10 N–H and O–H groups in total. The molecule has 1 aromatic rings. The van der Waals surface area contributed by atoms with Crippen molar-refractivity contribution >= 4 is 17.8 Å². The lowest BCUT2D eigenvalue weighted by Gasteiger charge is -2.22. The van der Waals surface area contributed by atoms with Gasteiger partial charge in [-0.25, -0.2) is 4.98 Å². The lowest BCUT2D eigenvalue weighted by atomic mass is 10.1. The first-order valence-corrected chi connectivity index (χ1v) is 7.32. The molecule has 0 saturated heterocycles. The third kappa shape index (κ3) is 6.32. The maximum Gasteiger partial charge on any atom is 0.321 e. The maximum absolute atomic E-state index is 12.3. The average molecular weight is 341 g/mol. The molecule has 2 amide bonds. The quantitative estimate of drug-likeness (QED) is 0.228. The van der Waals surface area contributed by atoms with Crippen LogP contribution in [-0.4, -0.2) is 64.1 Å². The van der Waals surface area contributed by atoms with Gasteiger partial charge in [0.15, 0.2) is 0 Å². The number of amides is 2. The van der Waals surface area contributed by atoms with Crippen LogP contribution in [0.3, 0.4) is 0 Å². The molecule has 0 spiro atoms. The largest absolute Gasteiger partial charge is 0.480 e. The number of aromatic nitrogens is 2. The van der Waals surface area contributed by atoms with Crippen LogP contribution in [0.4, 0.5) is 0 Å². The van der Waals surface area contributed by atoms with E-state index in [2.05, 4.69) is 20.6 Å². The van der Waals surface area contributed by atoms with Crippen LogP contribution >= 0.6 is 0 Å². The van der Waals surface area contributed by atoms with E-state index in [1.54, 1.807) is 0 Å². The predicted octanol–water partition coefficient (Wildman–Crippen LogP) is -3.36. The highest BCUT2D eigenvalue weighted by Gasteiger charge is 2.25. The molecule has 134 valence electrons. The second kappa shape index (κ2) is 9.60. The Balaban J connectivity index is 2.75. The molecule has 0 unspecified atom stereocenters. The Labute approximate surface area is 138 Å². The van der Waals surface area contributed by atoms with E-state index in [1.165, 1.54) is 12.5 Å². The van der Waals surface area contributed by atoms with Gasteiger partial charge in [-0.2, -0.15) is 0 Å². The molecule has 0 aliphatic carbocycles. The van der Waals surface area contributed by atoms with Crippen molar-refractivity contribution in [3.63, 3.8) is 0 Å². The highest BCUT2D eigenvalue weighted by atomic mass is 16.4. The Morgan fingerprint density at radius 2 is 1.92 bits per heavy atom. The number of nitrogens with two attached hydrogens (primary N) is 3. The lowest BCUT2D eigenvalue weighted by molar-refractivity contribution is -0.140. The fourth-order valence-electron chi connectivity index (χ4n) is 1.88. The number of nitrogens with zero attached hydrogens (tertiary/aromatic N) is 1. The van der Waals surface area contributed by atoms with Crippen LogP contribution in [0.5, 0.6) is 0 Å². The lowest BCUT2D eigenvalue weighted by Crippen LogP contribution is -2.54. The SMILES string of the molecule is NCC(CN)NC(=O)[C@H](Cc1cnc[nH]1)NC(=O)C[C@H](N)C(=O)O. The normalized spacial score (nSPS) is 13.3. The fourth-order valence-corrected chi connectivity index (χ4v) is 1.88. The van der Waals surface area contributed by atoms with E-state index in [0.717, 1.165) is 0 Å². The number of rotatable bonds is 10. The van der Waals surface area contributed by atoms with Gasteiger partial charge in [-0.15, -0.1) is 0 Å². The van der Waals surface area contributed by atoms with Crippen LogP contribution in [0.2, 0.25) is 0 Å². The summed E-state index contributed by atoms with van der Waals surface area (Å²) in [6.45, 7) is 0.299. The third-order valence-electron chi connectivity index (χ3n) is 3.27. The Morgan fingerprint density at radius 3 is 2.42 bits per heavy atom. The molecular formula is C13H23N7O4. The third-order valence-corrected chi connectivity index (χ3v) is 3.27. The zero-order valence-corrected chi connectivity index (χ0v) is 13.1. The van der Waals surface area contributed by atoms with Crippen molar-refractivity contribution in [2.45, 2.75) is 31.0 Å². The molecule has 0 radical (unpaired) electrons. The molecule has 11 nitrogen and oxygen atoms in total. The number of aromatic amines is 1. The van der Waals surface area contributed by atoms with Crippen molar-refractivity contribution < 1.29 is 19.5 Å². The van der Waals surface area contributed by atoms with Crippen molar-refractivity contribution in [1.29, 1.82) is 0 Å². The molecule has 0 aliphatic rings. The number of imidazole rings is 1. The van der Waals surface area contributed by atoms with Gasteiger partial charge < -0.3 is 37.9 Å². The molecule has 11 heteroatoms. The Kier molecular flexibility index (Phi) is 7.82. The number of carbonyl (C=O) groups excluding carboxylic acids is 2. The minimum Gasteiger partial charge on any atom is -0.480 e. The van der Waals surface area contributed by atoms with E-state index in [4.69, 9.17) is 22.3 Å². The zero-order valence-electron chi connectivity index (χ0n) is 13.1. The van der Waals surface area contributed by atoms with Crippen LogP contribution in [0.15, 0.2) is 12.5 Å². The second-order valence-corrected chi connectivity index (χ2v) is 5.23. The summed E-state index contributed by atoms with van der Waals surface area (Å²) in [5, 5.41) is 13.8. The molecule has 0 saturated carbocycles. The van der Waals surface area contributed by atoms with Crippen LogP contribution in [-0.2, 0) is 20.8 Å². The number of nitrogens with one attached hydrogen (secondary N) is 3. The average Bonchev–Trinajstić information content (AvgIpc) is 3.04. The van der Waals surface area contributed by atoms with Gasteiger partial charge in [0.2, 0.25) is 11.8 Å². The predicted molar refractivity (Wildman–Crippen MR) is 84.5 cm³/mol. The number of carboxylic acid groups (broad SMARTS) is 1. The van der Waals surface area contributed by atoms with E-state index in [9.17, 15) is 14.4 Å². The number of hydrogen-bond donors (Lipinski definition) is 7. The number of hydrogen-bond acceptors (Lipinski definition) is 7. The Bertz CT molecular complexity index is 545. The van der Waals surface area contributed by atoms with Crippen molar-refractivity contribution in [2.24, 2.45) is 17.2 Å². The molecule has 0 aromatic carbocycles. The first-order valence-electron chi connectivity index (χ1n) is 7.32. The number of H-pyrrole nitrogens is 1. The summed E-state index contributed by atoms with van der Waals surface area (Å²) in [5.74, 6) is -2.43. The van der Waals surface area contributed by atoms with E-state index in [0.29, 0.717) is 5.69 Å². The van der Waals surface area contributed by atoms with Gasteiger partial charge in [0.1, 0.15) is 12.1 Å². The topological polar surface area (TPSA) is 202 Å². The Morgan fingerprint density at radius 1 is 1.25 bits per heavy atom. The highest BCUT2D eigenvalue weighted by molar-refractivity contribution is 5.90. The first kappa shape index (κ1) is 19.5. The fraction of sp³-hybridized carbons (Fsp3) is 0.538. The number of aliphatic carboxylic acids is 1. The summed E-state index contributed by atoms with van der Waals surface area (Å²) in [6, 6.07) is -2.72. The van der Waals surface area contributed by atoms with Crippen LogP contribution < -0.4 is 27.8 Å². The summed E-state index contributed by atoms with van der Waals surface area (Å²) >= 11 is 0. The van der Waals surface area contributed by atoms with Crippen LogP contribution in [0.1, 0.15) is 12.1 Å². The molecule has 0 fully saturated rings. The van der Waals surface area contributed by atoms with E-state index in [1.807, 2.05) is 0 Å². The van der Waals surface area contributed by atoms with E-state index in [-0.39, 0.29) is 19.5 Å². The summed E-state index contributed by atoms with van der Waals surface area (Å²) < 4.78 is 0. The van der Waals surface area contributed by atoms with Crippen molar-refractivity contribution in [1.82, 2.24) is 20.6 Å². The highest BCUT2D eigenvalue weighted by Crippen LogP contribution is 2.01. The van der Waals surface area contributed by atoms with Gasteiger partial charge in [-0.1, -0.05) is 0 Å². The molecule has 1 heterocycles. The van der Waals surface area contributed by atoms with Gasteiger partial charge in [-0.3, -0.25) is 14.4 Å². The van der Waals surface area contributed by atoms with E-state index >= 15 is 0 Å². The number of carboxylic acids is 1. The van der Waals surface area contributed by atoms with Gasteiger partial charge in [-0.05, 0) is 0 Å². The summed E-state index contributed by atoms with van der Waals surface area (Å²) in [7, 11) is 0. The standard InChI is InChI=1S/C13H23N7O4/c14-3-8(4-15)19-12(22)10(1-7-5-17-6-18-7)20-11(21)2-9(16)13(23)24/h5-6,8-10H,1-4,14-16H2,(H,17,18)(H,19,22)(H,20,21)(H,23,24)/t9-,10-/m0/s1. The minimum atomic E-state index is -1.35. The summed E-state index contributed by atoms with van der Waals surface area (Å²) in [6.07, 6.45) is 2.65. The molecule has 0 bridgehead atoms. The van der Waals surface area contributed by atoms with Crippen LogP contribution in [0.25, 0.3) is 0 Å². The Hall–Kier alpha value is -2.50.